The maximum atomic E-state index is 12.9. The second-order valence-electron chi connectivity index (χ2n) is 6.37. The van der Waals surface area contributed by atoms with E-state index in [0.29, 0.717) is 37.7 Å². The fraction of sp³-hybridized carbons (Fsp3) is 0.562. The minimum Gasteiger partial charge on any atom is -0.387 e. The van der Waals surface area contributed by atoms with Gasteiger partial charge in [-0.2, -0.15) is 10.2 Å². The summed E-state index contributed by atoms with van der Waals surface area (Å²) in [5.41, 5.74) is 3.94. The van der Waals surface area contributed by atoms with Gasteiger partial charge >= 0.3 is 0 Å². The molecule has 4 rings (SSSR count). The first kappa shape index (κ1) is 15.3. The monoisotopic (exact) mass is 331 g/mol. The number of nitrogens with zero attached hydrogens (tertiary/aromatic N) is 4. The van der Waals surface area contributed by atoms with Gasteiger partial charge in [0, 0.05) is 30.8 Å². The molecule has 1 atom stereocenters. The number of carbonyl (C=O) groups excluding carboxylic acids is 1. The van der Waals surface area contributed by atoms with Gasteiger partial charge in [0.05, 0.1) is 37.3 Å². The predicted octanol–water partition coefficient (Wildman–Crippen LogP) is 0.778. The highest BCUT2D eigenvalue weighted by Crippen LogP contribution is 2.22. The Morgan fingerprint density at radius 3 is 3.17 bits per heavy atom. The van der Waals surface area contributed by atoms with Crippen molar-refractivity contribution in [3.05, 3.63) is 34.4 Å². The van der Waals surface area contributed by atoms with Crippen LogP contribution in [0.4, 0.5) is 0 Å². The van der Waals surface area contributed by atoms with E-state index in [1.54, 1.807) is 11.8 Å². The number of aromatic nitrogens is 4. The summed E-state index contributed by atoms with van der Waals surface area (Å²) in [4.78, 5) is 14.7. The summed E-state index contributed by atoms with van der Waals surface area (Å²) in [5.74, 6) is -0.0775. The molecule has 128 valence electrons. The molecular formula is C16H21N5O3. The molecule has 2 aromatic rings. The molecule has 2 aliphatic heterocycles. The van der Waals surface area contributed by atoms with Crippen molar-refractivity contribution in [2.45, 2.75) is 45.6 Å². The third-order valence-corrected chi connectivity index (χ3v) is 4.65. The fourth-order valence-electron chi connectivity index (χ4n) is 3.30. The van der Waals surface area contributed by atoms with E-state index in [0.717, 1.165) is 36.3 Å². The van der Waals surface area contributed by atoms with Crippen LogP contribution in [-0.4, -0.2) is 49.0 Å². The van der Waals surface area contributed by atoms with Gasteiger partial charge in [-0.1, -0.05) is 0 Å². The largest absolute Gasteiger partial charge is 0.387 e. The first-order chi connectivity index (χ1) is 11.6. The third-order valence-electron chi connectivity index (χ3n) is 4.65. The standard InChI is InChI=1S/C16H21N5O3/c1-10(22)14-7-11-8-20(4-2-5-21(11)19-14)16(23)15-12-9-24-6-3-13(12)17-18-15/h7,10,22H,2-6,8-9H2,1H3,(H,17,18)/t10-/m1/s1. The predicted molar refractivity (Wildman–Crippen MR) is 84.2 cm³/mol. The van der Waals surface area contributed by atoms with Crippen molar-refractivity contribution < 1.29 is 14.6 Å². The number of hydrogen-bond acceptors (Lipinski definition) is 5. The lowest BCUT2D eigenvalue weighted by Gasteiger charge is -2.20. The number of aromatic amines is 1. The lowest BCUT2D eigenvalue weighted by atomic mass is 10.1. The molecule has 2 aliphatic rings. The van der Waals surface area contributed by atoms with Crippen molar-refractivity contribution in [3.8, 4) is 0 Å². The summed E-state index contributed by atoms with van der Waals surface area (Å²) < 4.78 is 7.36. The van der Waals surface area contributed by atoms with Gasteiger partial charge < -0.3 is 14.7 Å². The molecule has 0 unspecified atom stereocenters. The zero-order chi connectivity index (χ0) is 16.7. The summed E-state index contributed by atoms with van der Waals surface area (Å²) >= 11 is 0. The van der Waals surface area contributed by atoms with Gasteiger partial charge in [0.1, 0.15) is 0 Å². The lowest BCUT2D eigenvalue weighted by Crippen LogP contribution is -2.32. The first-order valence-corrected chi connectivity index (χ1v) is 8.31. The van der Waals surface area contributed by atoms with Crippen molar-refractivity contribution in [3.63, 3.8) is 0 Å². The molecule has 0 radical (unpaired) electrons. The Bertz CT molecular complexity index is 764. The summed E-state index contributed by atoms with van der Waals surface area (Å²) in [6, 6.07) is 1.87. The van der Waals surface area contributed by atoms with Crippen molar-refractivity contribution >= 4 is 5.91 Å². The van der Waals surface area contributed by atoms with Crippen LogP contribution in [0, 0.1) is 0 Å². The molecule has 0 saturated heterocycles. The molecule has 24 heavy (non-hydrogen) atoms. The molecule has 0 spiro atoms. The van der Waals surface area contributed by atoms with Gasteiger partial charge in [0.15, 0.2) is 5.69 Å². The Morgan fingerprint density at radius 2 is 2.33 bits per heavy atom. The van der Waals surface area contributed by atoms with E-state index in [1.807, 2.05) is 10.7 Å². The van der Waals surface area contributed by atoms with Gasteiger partial charge in [-0.15, -0.1) is 0 Å². The summed E-state index contributed by atoms with van der Waals surface area (Å²) in [6.07, 6.45) is 0.979. The van der Waals surface area contributed by atoms with Gasteiger partial charge in [-0.05, 0) is 19.4 Å². The molecule has 0 fully saturated rings. The zero-order valence-corrected chi connectivity index (χ0v) is 13.7. The van der Waals surface area contributed by atoms with E-state index in [9.17, 15) is 9.90 Å². The molecule has 8 heteroatoms. The number of amides is 1. The average Bonchev–Trinajstić information content (AvgIpc) is 3.13. The molecule has 0 saturated carbocycles. The first-order valence-electron chi connectivity index (χ1n) is 8.31. The Morgan fingerprint density at radius 1 is 1.46 bits per heavy atom. The Kier molecular flexibility index (Phi) is 3.85. The zero-order valence-electron chi connectivity index (χ0n) is 13.7. The van der Waals surface area contributed by atoms with Gasteiger partial charge in [-0.3, -0.25) is 14.6 Å². The number of fused-ring (bicyclic) bond motifs is 2. The van der Waals surface area contributed by atoms with Crippen LogP contribution >= 0.6 is 0 Å². The minimum atomic E-state index is -0.607. The van der Waals surface area contributed by atoms with Crippen LogP contribution in [0.25, 0.3) is 0 Å². The number of hydrogen-bond donors (Lipinski definition) is 2. The van der Waals surface area contributed by atoms with Crippen LogP contribution in [0.2, 0.25) is 0 Å². The SMILES string of the molecule is C[C@@H](O)c1cc2n(n1)CCCN(C(=O)c1n[nH]c3c1COCC3)C2. The van der Waals surface area contributed by atoms with Crippen molar-refractivity contribution in [2.24, 2.45) is 0 Å². The molecule has 2 N–H and O–H groups in total. The third kappa shape index (κ3) is 2.61. The summed E-state index contributed by atoms with van der Waals surface area (Å²) in [5, 5.41) is 21.3. The van der Waals surface area contributed by atoms with Gasteiger partial charge in [-0.25, -0.2) is 0 Å². The van der Waals surface area contributed by atoms with Crippen LogP contribution in [0.15, 0.2) is 6.07 Å². The van der Waals surface area contributed by atoms with Crippen LogP contribution < -0.4 is 0 Å². The van der Waals surface area contributed by atoms with E-state index in [1.165, 1.54) is 0 Å². The second kappa shape index (κ2) is 6.03. The molecule has 0 aromatic carbocycles. The molecule has 1 amide bonds. The smallest absolute Gasteiger partial charge is 0.275 e. The molecular weight excluding hydrogens is 310 g/mol. The molecule has 8 nitrogen and oxygen atoms in total. The topological polar surface area (TPSA) is 96.3 Å². The normalized spacial score (nSPS) is 18.7. The Hall–Kier alpha value is -2.19. The van der Waals surface area contributed by atoms with Crippen molar-refractivity contribution in [1.82, 2.24) is 24.9 Å². The number of H-pyrrole nitrogens is 1. The number of carbonyl (C=O) groups is 1. The highest BCUT2D eigenvalue weighted by Gasteiger charge is 2.28. The van der Waals surface area contributed by atoms with Crippen LogP contribution in [0.1, 0.15) is 52.6 Å². The number of rotatable bonds is 2. The van der Waals surface area contributed by atoms with E-state index in [2.05, 4.69) is 15.3 Å². The van der Waals surface area contributed by atoms with E-state index >= 15 is 0 Å². The number of aliphatic hydroxyl groups is 1. The van der Waals surface area contributed by atoms with Crippen LogP contribution in [-0.2, 0) is 30.9 Å². The minimum absolute atomic E-state index is 0.0775. The average molecular weight is 331 g/mol. The quantitative estimate of drug-likeness (QED) is 0.848. The Labute approximate surface area is 139 Å². The van der Waals surface area contributed by atoms with Gasteiger partial charge in [0.2, 0.25) is 0 Å². The molecule has 2 aromatic heterocycles. The second-order valence-corrected chi connectivity index (χ2v) is 6.37. The molecule has 0 bridgehead atoms. The molecule has 4 heterocycles. The Balaban J connectivity index is 1.59. The maximum absolute atomic E-state index is 12.9. The number of ether oxygens (including phenoxy) is 1. The van der Waals surface area contributed by atoms with Crippen LogP contribution in [0.5, 0.6) is 0 Å². The van der Waals surface area contributed by atoms with E-state index in [-0.39, 0.29) is 5.91 Å². The summed E-state index contributed by atoms with van der Waals surface area (Å²) in [6.45, 7) is 4.67. The molecule has 0 aliphatic carbocycles. The maximum Gasteiger partial charge on any atom is 0.275 e. The van der Waals surface area contributed by atoms with E-state index in [4.69, 9.17) is 4.74 Å². The highest BCUT2D eigenvalue weighted by atomic mass is 16.5. The number of aryl methyl sites for hydroxylation is 1. The van der Waals surface area contributed by atoms with E-state index < -0.39 is 6.10 Å². The van der Waals surface area contributed by atoms with Gasteiger partial charge in [0.25, 0.3) is 5.91 Å². The number of nitrogens with one attached hydrogen (secondary N) is 1. The fourth-order valence-corrected chi connectivity index (χ4v) is 3.30. The van der Waals surface area contributed by atoms with Crippen molar-refractivity contribution in [2.75, 3.05) is 13.2 Å². The summed E-state index contributed by atoms with van der Waals surface area (Å²) in [7, 11) is 0. The van der Waals surface area contributed by atoms with Crippen molar-refractivity contribution in [1.29, 1.82) is 0 Å². The lowest BCUT2D eigenvalue weighted by molar-refractivity contribution is 0.0726. The highest BCUT2D eigenvalue weighted by molar-refractivity contribution is 5.94. The van der Waals surface area contributed by atoms with Crippen LogP contribution in [0.3, 0.4) is 0 Å². The number of aliphatic hydroxyl groups excluding tert-OH is 1.